The zero-order valence-corrected chi connectivity index (χ0v) is 10.9. The van der Waals surface area contributed by atoms with Crippen molar-refractivity contribution >= 4 is 11.4 Å². The summed E-state index contributed by atoms with van der Waals surface area (Å²) in [6.07, 6.45) is 3.76. The minimum atomic E-state index is 0.621. The maximum Gasteiger partial charge on any atom is 0.0362 e. The first-order valence-corrected chi connectivity index (χ1v) is 6.50. The lowest BCUT2D eigenvalue weighted by molar-refractivity contribution is 0.637. The largest absolute Gasteiger partial charge is 0.382 e. The van der Waals surface area contributed by atoms with Crippen molar-refractivity contribution in [2.45, 2.75) is 25.3 Å². The third kappa shape index (κ3) is 3.63. The van der Waals surface area contributed by atoms with Crippen molar-refractivity contribution in [2.24, 2.45) is 0 Å². The highest BCUT2D eigenvalue weighted by atomic mass is 15.1. The van der Waals surface area contributed by atoms with Crippen molar-refractivity contribution in [3.8, 4) is 0 Å². The summed E-state index contributed by atoms with van der Waals surface area (Å²) in [5.41, 5.74) is 2.49. The molecule has 0 aromatic heterocycles. The van der Waals surface area contributed by atoms with Gasteiger partial charge in [-0.05, 0) is 56.6 Å². The average Bonchev–Trinajstić information content (AvgIpc) is 2.58. The zero-order valence-electron chi connectivity index (χ0n) is 10.9. The quantitative estimate of drug-likeness (QED) is 0.839. The molecule has 0 spiro atoms. The lowest BCUT2D eigenvalue weighted by atomic mass is 10.1. The molecular weight excluding hydrogens is 210 g/mol. The lowest BCUT2D eigenvalue weighted by Gasteiger charge is -2.18. The first-order chi connectivity index (χ1) is 8.25. The van der Waals surface area contributed by atoms with E-state index < -0.39 is 0 Å². The van der Waals surface area contributed by atoms with Crippen LogP contribution in [0.4, 0.5) is 11.4 Å². The number of nitrogens with one attached hydrogen (secondary N) is 2. The van der Waals surface area contributed by atoms with Crippen LogP contribution in [0.25, 0.3) is 0 Å². The highest BCUT2D eigenvalue weighted by Gasteiger charge is 2.11. The fraction of sp³-hybridized carbons (Fsp3) is 0.571. The third-order valence-corrected chi connectivity index (χ3v) is 3.33. The second-order valence-corrected chi connectivity index (χ2v) is 4.96. The maximum absolute atomic E-state index is 3.63. The van der Waals surface area contributed by atoms with Crippen molar-refractivity contribution in [2.75, 3.05) is 37.4 Å². The van der Waals surface area contributed by atoms with Gasteiger partial charge in [-0.3, -0.25) is 0 Å². The van der Waals surface area contributed by atoms with E-state index in [-0.39, 0.29) is 0 Å². The molecule has 3 heteroatoms. The van der Waals surface area contributed by atoms with Gasteiger partial charge in [0.2, 0.25) is 0 Å². The number of nitrogens with zero attached hydrogens (tertiary/aromatic N) is 1. The summed E-state index contributed by atoms with van der Waals surface area (Å²) >= 11 is 0. The van der Waals surface area contributed by atoms with Crippen molar-refractivity contribution in [3.63, 3.8) is 0 Å². The molecule has 0 saturated carbocycles. The summed E-state index contributed by atoms with van der Waals surface area (Å²) in [6, 6.07) is 9.30. The molecule has 1 aliphatic rings. The minimum absolute atomic E-state index is 0.621. The second-order valence-electron chi connectivity index (χ2n) is 4.96. The molecule has 1 saturated heterocycles. The van der Waals surface area contributed by atoms with Gasteiger partial charge >= 0.3 is 0 Å². The lowest BCUT2D eigenvalue weighted by Crippen LogP contribution is -2.21. The van der Waals surface area contributed by atoms with Crippen molar-refractivity contribution < 1.29 is 0 Å². The monoisotopic (exact) mass is 233 g/mol. The van der Waals surface area contributed by atoms with Crippen LogP contribution in [-0.2, 0) is 0 Å². The molecule has 1 atom stereocenters. The number of anilines is 2. The van der Waals surface area contributed by atoms with Crippen molar-refractivity contribution in [3.05, 3.63) is 24.3 Å². The van der Waals surface area contributed by atoms with Gasteiger partial charge in [0.05, 0.1) is 0 Å². The van der Waals surface area contributed by atoms with Crippen LogP contribution in [0, 0.1) is 0 Å². The molecule has 1 unspecified atom stereocenters. The Morgan fingerprint density at radius 1 is 1.12 bits per heavy atom. The molecular formula is C14H23N3. The molecule has 0 bridgehead atoms. The van der Waals surface area contributed by atoms with Gasteiger partial charge in [-0.15, -0.1) is 0 Å². The van der Waals surface area contributed by atoms with Crippen LogP contribution in [0.15, 0.2) is 24.3 Å². The molecule has 2 rings (SSSR count). The fourth-order valence-corrected chi connectivity index (χ4v) is 2.25. The second kappa shape index (κ2) is 5.92. The smallest absolute Gasteiger partial charge is 0.0362 e. The van der Waals surface area contributed by atoms with E-state index >= 15 is 0 Å². The Hall–Kier alpha value is -1.22. The van der Waals surface area contributed by atoms with Gasteiger partial charge < -0.3 is 15.5 Å². The Bertz CT molecular complexity index is 324. The highest BCUT2D eigenvalue weighted by molar-refractivity contribution is 5.54. The summed E-state index contributed by atoms with van der Waals surface area (Å²) in [5.74, 6) is 0. The highest BCUT2D eigenvalue weighted by Crippen LogP contribution is 2.18. The molecule has 0 aliphatic carbocycles. The number of hydrogen-bond donors (Lipinski definition) is 2. The summed E-state index contributed by atoms with van der Waals surface area (Å²) in [5, 5.41) is 7.07. The molecule has 1 aromatic carbocycles. The SMILES string of the molecule is CN(C)c1ccc(NC2CCCNCC2)cc1. The van der Waals surface area contributed by atoms with E-state index in [9.17, 15) is 0 Å². The summed E-state index contributed by atoms with van der Waals surface area (Å²) in [6.45, 7) is 2.30. The Morgan fingerprint density at radius 2 is 1.88 bits per heavy atom. The summed E-state index contributed by atoms with van der Waals surface area (Å²) in [7, 11) is 4.14. The van der Waals surface area contributed by atoms with Gasteiger partial charge in [0, 0.05) is 31.5 Å². The average molecular weight is 233 g/mol. The van der Waals surface area contributed by atoms with E-state index in [1.54, 1.807) is 0 Å². The Morgan fingerprint density at radius 3 is 2.59 bits per heavy atom. The van der Waals surface area contributed by atoms with Gasteiger partial charge in [0.15, 0.2) is 0 Å². The predicted molar refractivity (Wildman–Crippen MR) is 74.9 cm³/mol. The standard InChI is InChI=1S/C14H23N3/c1-17(2)14-7-5-13(6-8-14)16-12-4-3-10-15-11-9-12/h5-8,12,15-16H,3-4,9-11H2,1-2H3. The fourth-order valence-electron chi connectivity index (χ4n) is 2.25. The number of rotatable bonds is 3. The first-order valence-electron chi connectivity index (χ1n) is 6.50. The Labute approximate surface area is 104 Å². The van der Waals surface area contributed by atoms with Crippen LogP contribution in [0.1, 0.15) is 19.3 Å². The van der Waals surface area contributed by atoms with Crippen LogP contribution in [0.2, 0.25) is 0 Å². The molecule has 1 aliphatic heterocycles. The topological polar surface area (TPSA) is 27.3 Å². The molecule has 94 valence electrons. The molecule has 1 heterocycles. The molecule has 2 N–H and O–H groups in total. The van der Waals surface area contributed by atoms with E-state index in [1.807, 2.05) is 0 Å². The van der Waals surface area contributed by atoms with Gasteiger partial charge in [-0.25, -0.2) is 0 Å². The van der Waals surface area contributed by atoms with Crippen LogP contribution < -0.4 is 15.5 Å². The van der Waals surface area contributed by atoms with Crippen LogP contribution in [-0.4, -0.2) is 33.2 Å². The van der Waals surface area contributed by atoms with Crippen LogP contribution in [0.3, 0.4) is 0 Å². The molecule has 17 heavy (non-hydrogen) atoms. The minimum Gasteiger partial charge on any atom is -0.382 e. The van der Waals surface area contributed by atoms with Crippen molar-refractivity contribution in [1.82, 2.24) is 5.32 Å². The first kappa shape index (κ1) is 12.2. The van der Waals surface area contributed by atoms with Gasteiger partial charge in [-0.1, -0.05) is 0 Å². The molecule has 0 radical (unpaired) electrons. The van der Waals surface area contributed by atoms with E-state index in [4.69, 9.17) is 0 Å². The van der Waals surface area contributed by atoms with Crippen LogP contribution in [0.5, 0.6) is 0 Å². The molecule has 0 amide bonds. The molecule has 1 aromatic rings. The summed E-state index contributed by atoms with van der Waals surface area (Å²) < 4.78 is 0. The zero-order chi connectivity index (χ0) is 12.1. The third-order valence-electron chi connectivity index (χ3n) is 3.33. The van der Waals surface area contributed by atoms with E-state index in [0.717, 1.165) is 13.1 Å². The molecule has 1 fully saturated rings. The summed E-state index contributed by atoms with van der Waals surface area (Å²) in [4.78, 5) is 2.12. The van der Waals surface area contributed by atoms with E-state index in [2.05, 4.69) is 53.9 Å². The van der Waals surface area contributed by atoms with Crippen LogP contribution >= 0.6 is 0 Å². The van der Waals surface area contributed by atoms with Crippen molar-refractivity contribution in [1.29, 1.82) is 0 Å². The Balaban J connectivity index is 1.93. The normalized spacial score (nSPS) is 20.7. The van der Waals surface area contributed by atoms with Gasteiger partial charge in [0.25, 0.3) is 0 Å². The number of hydrogen-bond acceptors (Lipinski definition) is 3. The van der Waals surface area contributed by atoms with Gasteiger partial charge in [0.1, 0.15) is 0 Å². The van der Waals surface area contributed by atoms with E-state index in [1.165, 1.54) is 30.6 Å². The Kier molecular flexibility index (Phi) is 4.26. The number of benzene rings is 1. The van der Waals surface area contributed by atoms with E-state index in [0.29, 0.717) is 6.04 Å². The molecule has 3 nitrogen and oxygen atoms in total. The van der Waals surface area contributed by atoms with Gasteiger partial charge in [-0.2, -0.15) is 0 Å². The predicted octanol–water partition coefficient (Wildman–Crippen LogP) is 2.31. The maximum atomic E-state index is 3.63.